The highest BCUT2D eigenvalue weighted by molar-refractivity contribution is 6.33. The molecule has 64 valence electrons. The molecule has 1 heterocycles. The van der Waals surface area contributed by atoms with Crippen molar-refractivity contribution in [2.45, 2.75) is 13.3 Å². The third-order valence-electron chi connectivity index (χ3n) is 1.55. The Morgan fingerprint density at radius 3 is 2.92 bits per heavy atom. The largest absolute Gasteiger partial charge is 0.476 e. The fourth-order valence-electron chi connectivity index (χ4n) is 0.906. The van der Waals surface area contributed by atoms with E-state index in [9.17, 15) is 4.79 Å². The summed E-state index contributed by atoms with van der Waals surface area (Å²) in [7, 11) is 0. The second kappa shape index (κ2) is 3.54. The van der Waals surface area contributed by atoms with Gasteiger partial charge in [0.05, 0.1) is 5.02 Å². The molecule has 0 aliphatic heterocycles. The number of halogens is 1. The smallest absolute Gasteiger partial charge is 0.356 e. The monoisotopic (exact) mass is 185 g/mol. The normalized spacial score (nSPS) is 9.83. The third kappa shape index (κ3) is 1.56. The van der Waals surface area contributed by atoms with Crippen molar-refractivity contribution in [2.24, 2.45) is 0 Å². The van der Waals surface area contributed by atoms with Crippen molar-refractivity contribution in [3.8, 4) is 0 Å². The number of hydrogen-bond donors (Lipinski definition) is 1. The van der Waals surface area contributed by atoms with Gasteiger partial charge in [0.2, 0.25) is 0 Å². The zero-order valence-electron chi connectivity index (χ0n) is 6.54. The maximum absolute atomic E-state index is 10.5. The van der Waals surface area contributed by atoms with Crippen molar-refractivity contribution in [3.63, 3.8) is 0 Å². The minimum Gasteiger partial charge on any atom is -0.476 e. The van der Waals surface area contributed by atoms with Crippen LogP contribution < -0.4 is 0 Å². The van der Waals surface area contributed by atoms with Crippen molar-refractivity contribution >= 4 is 17.6 Å². The molecular formula is C8H8ClNO2. The number of carboxylic acid groups (broad SMARTS) is 1. The van der Waals surface area contributed by atoms with Gasteiger partial charge in [0.15, 0.2) is 5.69 Å². The molecule has 0 unspecified atom stereocenters. The first-order valence-corrected chi connectivity index (χ1v) is 3.91. The highest BCUT2D eigenvalue weighted by Crippen LogP contribution is 2.19. The van der Waals surface area contributed by atoms with Crippen molar-refractivity contribution in [1.29, 1.82) is 0 Å². The van der Waals surface area contributed by atoms with Gasteiger partial charge in [-0.15, -0.1) is 0 Å². The van der Waals surface area contributed by atoms with E-state index in [1.54, 1.807) is 6.07 Å². The lowest BCUT2D eigenvalue weighted by atomic mass is 10.2. The van der Waals surface area contributed by atoms with E-state index >= 15 is 0 Å². The second-order valence-corrected chi connectivity index (χ2v) is 2.67. The number of aryl methyl sites for hydroxylation is 1. The van der Waals surface area contributed by atoms with Crippen LogP contribution >= 0.6 is 11.6 Å². The minimum absolute atomic E-state index is 0.0731. The molecule has 0 bridgehead atoms. The molecule has 1 aromatic heterocycles. The summed E-state index contributed by atoms with van der Waals surface area (Å²) in [6, 6.07) is 1.72. The predicted molar refractivity (Wildman–Crippen MR) is 45.6 cm³/mol. The lowest BCUT2D eigenvalue weighted by Crippen LogP contribution is -2.02. The summed E-state index contributed by atoms with van der Waals surface area (Å²) in [5, 5.41) is 8.88. The third-order valence-corrected chi connectivity index (χ3v) is 1.97. The van der Waals surface area contributed by atoms with Gasteiger partial charge >= 0.3 is 5.97 Å². The zero-order valence-corrected chi connectivity index (χ0v) is 7.30. The molecule has 1 rings (SSSR count). The van der Waals surface area contributed by atoms with Gasteiger partial charge in [-0.25, -0.2) is 9.78 Å². The summed E-state index contributed by atoms with van der Waals surface area (Å²) in [6.45, 7) is 1.91. The summed E-state index contributed by atoms with van der Waals surface area (Å²) in [5.41, 5.74) is 0.736. The Labute approximate surface area is 75.0 Å². The molecule has 12 heavy (non-hydrogen) atoms. The zero-order chi connectivity index (χ0) is 9.14. The topological polar surface area (TPSA) is 50.2 Å². The maximum atomic E-state index is 10.5. The van der Waals surface area contributed by atoms with Crippen LogP contribution in [0.4, 0.5) is 0 Å². The lowest BCUT2D eigenvalue weighted by molar-refractivity contribution is 0.0690. The Hall–Kier alpha value is -1.09. The van der Waals surface area contributed by atoms with Crippen LogP contribution in [-0.2, 0) is 6.42 Å². The van der Waals surface area contributed by atoms with Crippen molar-refractivity contribution in [3.05, 3.63) is 28.5 Å². The van der Waals surface area contributed by atoms with Crippen LogP contribution in [-0.4, -0.2) is 16.1 Å². The molecule has 0 aliphatic carbocycles. The molecule has 0 atom stereocenters. The van der Waals surface area contributed by atoms with Crippen molar-refractivity contribution < 1.29 is 9.90 Å². The van der Waals surface area contributed by atoms with Gasteiger partial charge < -0.3 is 5.11 Å². The van der Waals surface area contributed by atoms with Gasteiger partial charge in [-0.3, -0.25) is 0 Å². The highest BCUT2D eigenvalue weighted by atomic mass is 35.5. The molecule has 3 nitrogen and oxygen atoms in total. The van der Waals surface area contributed by atoms with Gasteiger partial charge in [0.25, 0.3) is 0 Å². The van der Waals surface area contributed by atoms with Gasteiger partial charge in [0, 0.05) is 6.20 Å². The Balaban J connectivity index is 3.23. The number of aromatic carboxylic acids is 1. The molecule has 0 saturated carbocycles. The Bertz CT molecular complexity index is 312. The number of hydrogen-bond acceptors (Lipinski definition) is 2. The average molecular weight is 186 g/mol. The van der Waals surface area contributed by atoms with Gasteiger partial charge in [0.1, 0.15) is 0 Å². The number of aromatic nitrogens is 1. The summed E-state index contributed by atoms with van der Waals surface area (Å²) in [5.74, 6) is -1.09. The molecule has 0 aliphatic rings. The first-order chi connectivity index (χ1) is 5.66. The Morgan fingerprint density at radius 2 is 2.42 bits per heavy atom. The fraction of sp³-hybridized carbons (Fsp3) is 0.250. The number of nitrogens with zero attached hydrogens (tertiary/aromatic N) is 1. The summed E-state index contributed by atoms with van der Waals surface area (Å²) >= 11 is 5.76. The molecule has 0 saturated heterocycles. The number of pyridine rings is 1. The Morgan fingerprint density at radius 1 is 1.75 bits per heavy atom. The molecular weight excluding hydrogens is 178 g/mol. The summed E-state index contributed by atoms with van der Waals surface area (Å²) in [4.78, 5) is 14.2. The van der Waals surface area contributed by atoms with Gasteiger partial charge in [-0.1, -0.05) is 18.5 Å². The first kappa shape index (κ1) is 9.00. The molecule has 1 N–H and O–H groups in total. The molecule has 0 spiro atoms. The van der Waals surface area contributed by atoms with E-state index in [1.165, 1.54) is 6.20 Å². The van der Waals surface area contributed by atoms with E-state index in [0.717, 1.165) is 5.56 Å². The van der Waals surface area contributed by atoms with Crippen molar-refractivity contribution in [2.75, 3.05) is 0 Å². The minimum atomic E-state index is -1.09. The standard InChI is InChI=1S/C8H8ClNO2/c1-2-5-3-4-10-7(6(5)9)8(11)12/h3-4H,2H2,1H3,(H,11,12). The number of carboxylic acids is 1. The van der Waals surface area contributed by atoms with E-state index in [2.05, 4.69) is 4.98 Å². The van der Waals surface area contributed by atoms with Crippen LogP contribution in [0.15, 0.2) is 12.3 Å². The quantitative estimate of drug-likeness (QED) is 0.767. The molecule has 0 fully saturated rings. The number of rotatable bonds is 2. The molecule has 0 amide bonds. The van der Waals surface area contributed by atoms with E-state index in [4.69, 9.17) is 16.7 Å². The highest BCUT2D eigenvalue weighted by Gasteiger charge is 2.11. The summed E-state index contributed by atoms with van der Waals surface area (Å²) in [6.07, 6.45) is 2.16. The SMILES string of the molecule is CCc1ccnc(C(=O)O)c1Cl. The van der Waals surface area contributed by atoms with Gasteiger partial charge in [-0.2, -0.15) is 0 Å². The van der Waals surface area contributed by atoms with Crippen LogP contribution in [0.5, 0.6) is 0 Å². The molecule has 0 aromatic carbocycles. The summed E-state index contributed by atoms with van der Waals surface area (Å²) < 4.78 is 0. The molecule has 1 aromatic rings. The molecule has 0 radical (unpaired) electrons. The van der Waals surface area contributed by atoms with Crippen LogP contribution in [0.2, 0.25) is 5.02 Å². The van der Waals surface area contributed by atoms with Crippen molar-refractivity contribution in [1.82, 2.24) is 4.98 Å². The van der Waals surface area contributed by atoms with Crippen LogP contribution in [0, 0.1) is 0 Å². The first-order valence-electron chi connectivity index (χ1n) is 3.53. The van der Waals surface area contributed by atoms with Crippen LogP contribution in [0.25, 0.3) is 0 Å². The molecule has 4 heteroatoms. The maximum Gasteiger partial charge on any atom is 0.356 e. The lowest BCUT2D eigenvalue weighted by Gasteiger charge is -2.01. The van der Waals surface area contributed by atoms with Crippen LogP contribution in [0.1, 0.15) is 23.0 Å². The van der Waals surface area contributed by atoms with E-state index in [1.807, 2.05) is 6.92 Å². The Kier molecular flexibility index (Phi) is 2.65. The van der Waals surface area contributed by atoms with Crippen LogP contribution in [0.3, 0.4) is 0 Å². The van der Waals surface area contributed by atoms with E-state index in [0.29, 0.717) is 6.42 Å². The fourth-order valence-corrected chi connectivity index (χ4v) is 1.23. The average Bonchev–Trinajstić information content (AvgIpc) is 2.04. The number of carbonyl (C=O) groups is 1. The predicted octanol–water partition coefficient (Wildman–Crippen LogP) is 2.00. The van der Waals surface area contributed by atoms with Gasteiger partial charge in [-0.05, 0) is 18.1 Å². The second-order valence-electron chi connectivity index (χ2n) is 2.29. The van der Waals surface area contributed by atoms with E-state index in [-0.39, 0.29) is 10.7 Å². The van der Waals surface area contributed by atoms with E-state index < -0.39 is 5.97 Å².